The Morgan fingerprint density at radius 1 is 1.06 bits per heavy atom. The third-order valence-corrected chi connectivity index (χ3v) is 4.81. The largest absolute Gasteiger partial charge is 0.445 e. The molecule has 1 aliphatic heterocycles. The van der Waals surface area contributed by atoms with Crippen molar-refractivity contribution in [3.63, 3.8) is 0 Å². The van der Waals surface area contributed by atoms with Gasteiger partial charge in [-0.15, -0.1) is 0 Å². The number of nitrogens with zero attached hydrogens (tertiary/aromatic N) is 1. The Balaban J connectivity index is 1.92. The second-order valence-corrected chi connectivity index (χ2v) is 9.92. The minimum absolute atomic E-state index is 0.128. The van der Waals surface area contributed by atoms with Gasteiger partial charge in [0.05, 0.1) is 6.04 Å². The van der Waals surface area contributed by atoms with E-state index < -0.39 is 29.2 Å². The van der Waals surface area contributed by atoms with Crippen molar-refractivity contribution in [1.82, 2.24) is 15.5 Å². The zero-order valence-corrected chi connectivity index (χ0v) is 19.4. The number of hydrogen-bond donors (Lipinski definition) is 2. The van der Waals surface area contributed by atoms with Gasteiger partial charge in [-0.05, 0) is 38.2 Å². The first-order valence-electron chi connectivity index (χ1n) is 10.6. The fourth-order valence-electron chi connectivity index (χ4n) is 3.27. The van der Waals surface area contributed by atoms with Gasteiger partial charge in [0.15, 0.2) is 0 Å². The molecule has 1 heterocycles. The molecule has 1 aliphatic rings. The second-order valence-electron chi connectivity index (χ2n) is 9.92. The van der Waals surface area contributed by atoms with Gasteiger partial charge in [-0.25, -0.2) is 9.59 Å². The molecule has 2 N–H and O–H groups in total. The average molecular weight is 434 g/mol. The highest BCUT2D eigenvalue weighted by molar-refractivity contribution is 5.86. The standard InChI is InChI=1S/C23H35N3O5/c1-22(2,3)18(25-20(28)30-15-16-10-8-7-9-11-16)19(27)26-13-12-17(14-26)24-21(29)31-23(4,5)6/h7-11,17-18H,12-15H2,1-6H3,(H,24,29)(H,25,28)/t17-,18-/m1/s1. The number of rotatable bonds is 5. The molecular weight excluding hydrogens is 398 g/mol. The van der Waals surface area contributed by atoms with Gasteiger partial charge in [0.1, 0.15) is 18.2 Å². The Hall–Kier alpha value is -2.77. The van der Waals surface area contributed by atoms with Crippen LogP contribution in [-0.4, -0.2) is 53.8 Å². The van der Waals surface area contributed by atoms with Crippen molar-refractivity contribution in [2.45, 2.75) is 72.3 Å². The predicted molar refractivity (Wildman–Crippen MR) is 117 cm³/mol. The van der Waals surface area contributed by atoms with Crippen molar-refractivity contribution < 1.29 is 23.9 Å². The van der Waals surface area contributed by atoms with Crippen LogP contribution < -0.4 is 10.6 Å². The van der Waals surface area contributed by atoms with E-state index in [1.165, 1.54) is 0 Å². The number of benzene rings is 1. The minimum atomic E-state index is -0.754. The summed E-state index contributed by atoms with van der Waals surface area (Å²) in [7, 11) is 0. The Bertz CT molecular complexity index is 768. The topological polar surface area (TPSA) is 97.0 Å². The molecule has 2 rings (SSSR count). The molecule has 31 heavy (non-hydrogen) atoms. The minimum Gasteiger partial charge on any atom is -0.445 e. The fourth-order valence-corrected chi connectivity index (χ4v) is 3.27. The number of amides is 3. The molecule has 0 unspecified atom stereocenters. The first-order valence-corrected chi connectivity index (χ1v) is 10.6. The Morgan fingerprint density at radius 3 is 2.29 bits per heavy atom. The molecule has 0 radical (unpaired) electrons. The molecule has 0 aromatic heterocycles. The average Bonchev–Trinajstić information content (AvgIpc) is 3.10. The van der Waals surface area contributed by atoms with Gasteiger partial charge < -0.3 is 25.0 Å². The van der Waals surface area contributed by atoms with E-state index in [0.29, 0.717) is 19.5 Å². The van der Waals surface area contributed by atoms with Crippen LogP contribution in [0.25, 0.3) is 0 Å². The zero-order valence-electron chi connectivity index (χ0n) is 19.4. The van der Waals surface area contributed by atoms with Gasteiger partial charge in [0.2, 0.25) is 5.91 Å². The van der Waals surface area contributed by atoms with E-state index >= 15 is 0 Å². The molecule has 1 fully saturated rings. The highest BCUT2D eigenvalue weighted by Crippen LogP contribution is 2.23. The van der Waals surface area contributed by atoms with Crippen molar-refractivity contribution in [3.8, 4) is 0 Å². The molecule has 3 amide bonds. The maximum absolute atomic E-state index is 13.2. The molecule has 0 spiro atoms. The predicted octanol–water partition coefficient (Wildman–Crippen LogP) is 3.45. The van der Waals surface area contributed by atoms with Gasteiger partial charge >= 0.3 is 12.2 Å². The molecule has 8 heteroatoms. The van der Waals surface area contributed by atoms with Gasteiger partial charge in [0.25, 0.3) is 0 Å². The van der Waals surface area contributed by atoms with Crippen LogP contribution in [0.2, 0.25) is 0 Å². The Morgan fingerprint density at radius 2 is 1.71 bits per heavy atom. The molecule has 0 aliphatic carbocycles. The van der Waals surface area contributed by atoms with Crippen LogP contribution in [-0.2, 0) is 20.9 Å². The van der Waals surface area contributed by atoms with Crippen LogP contribution >= 0.6 is 0 Å². The maximum Gasteiger partial charge on any atom is 0.408 e. The molecular formula is C23H35N3O5. The summed E-state index contributed by atoms with van der Waals surface area (Å²) >= 11 is 0. The lowest BCUT2D eigenvalue weighted by atomic mass is 9.86. The summed E-state index contributed by atoms with van der Waals surface area (Å²) in [5.41, 5.74) is -0.231. The Kier molecular flexibility index (Phi) is 7.92. The van der Waals surface area contributed by atoms with E-state index in [4.69, 9.17) is 9.47 Å². The number of carbonyl (C=O) groups excluding carboxylic acids is 3. The molecule has 172 valence electrons. The van der Waals surface area contributed by atoms with Crippen LogP contribution in [0.1, 0.15) is 53.5 Å². The molecule has 1 aromatic rings. The van der Waals surface area contributed by atoms with Gasteiger partial charge in [0, 0.05) is 13.1 Å². The smallest absolute Gasteiger partial charge is 0.408 e. The van der Waals surface area contributed by atoms with Crippen LogP contribution in [0.15, 0.2) is 30.3 Å². The van der Waals surface area contributed by atoms with Crippen LogP contribution in [0, 0.1) is 5.41 Å². The lowest BCUT2D eigenvalue weighted by molar-refractivity contribution is -0.135. The summed E-state index contributed by atoms with van der Waals surface area (Å²) < 4.78 is 10.6. The van der Waals surface area contributed by atoms with Crippen molar-refractivity contribution >= 4 is 18.1 Å². The highest BCUT2D eigenvalue weighted by atomic mass is 16.6. The van der Waals surface area contributed by atoms with Crippen molar-refractivity contribution in [2.75, 3.05) is 13.1 Å². The first-order chi connectivity index (χ1) is 14.3. The van der Waals surface area contributed by atoms with Gasteiger partial charge in [-0.1, -0.05) is 51.1 Å². The third kappa shape index (κ3) is 8.11. The number of alkyl carbamates (subject to hydrolysis) is 2. The van der Waals surface area contributed by atoms with Crippen molar-refractivity contribution in [2.24, 2.45) is 5.41 Å². The van der Waals surface area contributed by atoms with Crippen LogP contribution in [0.4, 0.5) is 9.59 Å². The van der Waals surface area contributed by atoms with E-state index in [2.05, 4.69) is 10.6 Å². The number of nitrogens with one attached hydrogen (secondary N) is 2. The summed E-state index contributed by atoms with van der Waals surface area (Å²) in [6.07, 6.45) is -0.512. The maximum atomic E-state index is 13.2. The SMILES string of the molecule is CC(C)(C)OC(=O)N[C@@H]1CCN(C(=O)[C@@H](NC(=O)OCc2ccccc2)C(C)(C)C)C1. The molecule has 1 saturated heterocycles. The Labute approximate surface area is 184 Å². The quantitative estimate of drug-likeness (QED) is 0.741. The number of hydrogen-bond acceptors (Lipinski definition) is 5. The molecule has 0 saturated carbocycles. The highest BCUT2D eigenvalue weighted by Gasteiger charge is 2.39. The van der Waals surface area contributed by atoms with E-state index in [0.717, 1.165) is 5.56 Å². The monoisotopic (exact) mass is 433 g/mol. The molecule has 8 nitrogen and oxygen atoms in total. The fraction of sp³-hybridized carbons (Fsp3) is 0.609. The lowest BCUT2D eigenvalue weighted by Gasteiger charge is -2.33. The molecule has 1 aromatic carbocycles. The number of carbonyl (C=O) groups is 3. The van der Waals surface area contributed by atoms with Gasteiger partial charge in [-0.2, -0.15) is 0 Å². The zero-order chi connectivity index (χ0) is 23.2. The second kappa shape index (κ2) is 10.0. The van der Waals surface area contributed by atoms with E-state index in [1.54, 1.807) is 25.7 Å². The summed E-state index contributed by atoms with van der Waals surface area (Å²) in [4.78, 5) is 39.2. The third-order valence-electron chi connectivity index (χ3n) is 4.81. The van der Waals surface area contributed by atoms with Crippen LogP contribution in [0.3, 0.4) is 0 Å². The summed E-state index contributed by atoms with van der Waals surface area (Å²) in [6, 6.07) is 8.41. The van der Waals surface area contributed by atoms with Crippen molar-refractivity contribution in [3.05, 3.63) is 35.9 Å². The van der Waals surface area contributed by atoms with Gasteiger partial charge in [-0.3, -0.25) is 4.79 Å². The van der Waals surface area contributed by atoms with Crippen LogP contribution in [0.5, 0.6) is 0 Å². The molecule has 2 atom stereocenters. The number of likely N-dealkylation sites (tertiary alicyclic amines) is 1. The molecule has 0 bridgehead atoms. The summed E-state index contributed by atoms with van der Waals surface area (Å²) in [5.74, 6) is -0.197. The summed E-state index contributed by atoms with van der Waals surface area (Å²) in [6.45, 7) is 12.1. The normalized spacial score (nSPS) is 17.6. The van der Waals surface area contributed by atoms with E-state index in [9.17, 15) is 14.4 Å². The first kappa shape index (κ1) is 24.5. The van der Waals surface area contributed by atoms with E-state index in [1.807, 2.05) is 51.1 Å². The van der Waals surface area contributed by atoms with Crippen molar-refractivity contribution in [1.29, 1.82) is 0 Å². The lowest BCUT2D eigenvalue weighted by Crippen LogP contribution is -2.54. The van der Waals surface area contributed by atoms with E-state index in [-0.39, 0.29) is 18.6 Å². The number of ether oxygens (including phenoxy) is 2. The summed E-state index contributed by atoms with van der Waals surface area (Å²) in [5, 5.41) is 5.54.